The lowest BCUT2D eigenvalue weighted by molar-refractivity contribution is -0.141. The van der Waals surface area contributed by atoms with Crippen LogP contribution in [0.4, 0.5) is 23.4 Å². The van der Waals surface area contributed by atoms with Gasteiger partial charge in [-0.05, 0) is 60.4 Å². The van der Waals surface area contributed by atoms with E-state index in [2.05, 4.69) is 10.3 Å². The molecule has 0 atom stereocenters. The Morgan fingerprint density at radius 2 is 1.60 bits per heavy atom. The first-order chi connectivity index (χ1) is 14.2. The van der Waals surface area contributed by atoms with Gasteiger partial charge in [-0.1, -0.05) is 24.3 Å². The third-order valence-corrected chi connectivity index (χ3v) is 5.17. The number of nitrogens with zero attached hydrogens (tertiary/aromatic N) is 1. The molecule has 0 spiro atoms. The first kappa shape index (κ1) is 19.9. The van der Waals surface area contributed by atoms with Crippen LogP contribution in [0.25, 0.3) is 11.1 Å². The molecule has 0 saturated heterocycles. The van der Waals surface area contributed by atoms with Gasteiger partial charge >= 0.3 is 6.18 Å². The van der Waals surface area contributed by atoms with E-state index in [1.165, 1.54) is 30.3 Å². The lowest BCUT2D eigenvalue weighted by atomic mass is 9.99. The fourth-order valence-corrected chi connectivity index (χ4v) is 3.35. The number of nitrogens with one attached hydrogen (secondary N) is 1. The van der Waals surface area contributed by atoms with Crippen LogP contribution in [0.3, 0.4) is 0 Å². The summed E-state index contributed by atoms with van der Waals surface area (Å²) in [5.74, 6) is -0.920. The maximum atomic E-state index is 13.1. The molecule has 154 valence electrons. The largest absolute Gasteiger partial charge is 0.433 e. The maximum Gasteiger partial charge on any atom is 0.433 e. The quantitative estimate of drug-likeness (QED) is 0.595. The molecule has 2 aromatic carbocycles. The van der Waals surface area contributed by atoms with Crippen LogP contribution in [-0.4, -0.2) is 10.9 Å². The summed E-state index contributed by atoms with van der Waals surface area (Å²) >= 11 is 0. The Morgan fingerprint density at radius 1 is 0.967 bits per heavy atom. The molecule has 0 unspecified atom stereocenters. The third kappa shape index (κ3) is 3.85. The number of nitrogen functional groups attached to an aromatic ring is 1. The molecule has 1 aliphatic rings. The van der Waals surface area contributed by atoms with E-state index >= 15 is 0 Å². The standard InChI is InChI=1S/C22H17F4N3O/c23-16-7-3-14(4-8-16)20(30)29-21(11-12-21)15-5-1-13(2-6-15)17-9-10-18(22(24,25)26)28-19(17)27/h1-10H,11-12H2,(H2,27,28)(H,29,30). The van der Waals surface area contributed by atoms with E-state index in [1.54, 1.807) is 12.1 Å². The molecule has 1 saturated carbocycles. The van der Waals surface area contributed by atoms with Crippen molar-refractivity contribution >= 4 is 11.7 Å². The molecule has 0 radical (unpaired) electrons. The van der Waals surface area contributed by atoms with Crippen LogP contribution >= 0.6 is 0 Å². The predicted molar refractivity (Wildman–Crippen MR) is 104 cm³/mol. The molecule has 1 aromatic heterocycles. The van der Waals surface area contributed by atoms with Gasteiger partial charge in [-0.2, -0.15) is 13.2 Å². The third-order valence-electron chi connectivity index (χ3n) is 5.17. The number of anilines is 1. The van der Waals surface area contributed by atoms with Crippen LogP contribution in [0.5, 0.6) is 0 Å². The topological polar surface area (TPSA) is 68.0 Å². The molecule has 3 N–H and O–H groups in total. The highest BCUT2D eigenvalue weighted by Crippen LogP contribution is 2.46. The minimum Gasteiger partial charge on any atom is -0.383 e. The Morgan fingerprint density at radius 3 is 2.13 bits per heavy atom. The molecule has 0 aliphatic heterocycles. The molecule has 1 fully saturated rings. The van der Waals surface area contributed by atoms with E-state index in [1.807, 2.05) is 12.1 Å². The van der Waals surface area contributed by atoms with E-state index < -0.39 is 23.2 Å². The average molecular weight is 415 g/mol. The zero-order valence-electron chi connectivity index (χ0n) is 15.6. The number of halogens is 4. The monoisotopic (exact) mass is 415 g/mol. The lowest BCUT2D eigenvalue weighted by Gasteiger charge is -2.19. The summed E-state index contributed by atoms with van der Waals surface area (Å²) in [5.41, 5.74) is 6.45. The predicted octanol–water partition coefficient (Wildman–Crippen LogP) is 4.91. The molecule has 1 aliphatic carbocycles. The molecule has 4 nitrogen and oxygen atoms in total. The number of rotatable bonds is 4. The highest BCUT2D eigenvalue weighted by Gasteiger charge is 2.45. The molecule has 0 bridgehead atoms. The molecule has 3 aromatic rings. The summed E-state index contributed by atoms with van der Waals surface area (Å²) in [6.07, 6.45) is -3.05. The number of carbonyl (C=O) groups excluding carboxylic acids is 1. The van der Waals surface area contributed by atoms with E-state index in [0.29, 0.717) is 16.7 Å². The Balaban J connectivity index is 1.53. The van der Waals surface area contributed by atoms with Crippen molar-refractivity contribution in [3.63, 3.8) is 0 Å². The Bertz CT molecular complexity index is 1090. The molecule has 8 heteroatoms. The minimum atomic E-state index is -4.56. The molecular weight excluding hydrogens is 398 g/mol. The van der Waals surface area contributed by atoms with Crippen LogP contribution in [-0.2, 0) is 11.7 Å². The van der Waals surface area contributed by atoms with Gasteiger partial charge in [0, 0.05) is 11.1 Å². The number of hydrogen-bond donors (Lipinski definition) is 2. The first-order valence-electron chi connectivity index (χ1n) is 9.21. The molecule has 1 heterocycles. The van der Waals surface area contributed by atoms with E-state index in [9.17, 15) is 22.4 Å². The summed E-state index contributed by atoms with van der Waals surface area (Å²) in [4.78, 5) is 15.9. The van der Waals surface area contributed by atoms with Gasteiger partial charge in [-0.3, -0.25) is 4.79 Å². The van der Waals surface area contributed by atoms with E-state index in [-0.39, 0.29) is 11.7 Å². The van der Waals surface area contributed by atoms with Crippen LogP contribution in [0.15, 0.2) is 60.7 Å². The maximum absolute atomic E-state index is 13.1. The van der Waals surface area contributed by atoms with E-state index in [4.69, 9.17) is 5.73 Å². The van der Waals surface area contributed by atoms with Crippen molar-refractivity contribution in [2.24, 2.45) is 0 Å². The van der Waals surface area contributed by atoms with Crippen molar-refractivity contribution in [3.05, 3.63) is 83.3 Å². The molecule has 4 rings (SSSR count). The number of carbonyl (C=O) groups is 1. The smallest absolute Gasteiger partial charge is 0.383 e. The number of amides is 1. The van der Waals surface area contributed by atoms with Crippen molar-refractivity contribution < 1.29 is 22.4 Å². The Kier molecular flexibility index (Phi) is 4.72. The van der Waals surface area contributed by atoms with Crippen molar-refractivity contribution in [3.8, 4) is 11.1 Å². The van der Waals surface area contributed by atoms with Gasteiger partial charge in [0.2, 0.25) is 0 Å². The number of alkyl halides is 3. The van der Waals surface area contributed by atoms with Crippen LogP contribution in [0.2, 0.25) is 0 Å². The van der Waals surface area contributed by atoms with Crippen molar-refractivity contribution in [2.45, 2.75) is 24.6 Å². The Hall–Kier alpha value is -3.42. The van der Waals surface area contributed by atoms with Gasteiger partial charge in [0.1, 0.15) is 17.3 Å². The summed E-state index contributed by atoms with van der Waals surface area (Å²) < 4.78 is 51.4. The second-order valence-electron chi connectivity index (χ2n) is 7.25. The number of aromatic nitrogens is 1. The lowest BCUT2D eigenvalue weighted by Crippen LogP contribution is -2.34. The molecule has 30 heavy (non-hydrogen) atoms. The first-order valence-corrected chi connectivity index (χ1v) is 9.21. The second-order valence-corrected chi connectivity index (χ2v) is 7.25. The molecule has 1 amide bonds. The van der Waals surface area contributed by atoms with Crippen molar-refractivity contribution in [1.82, 2.24) is 10.3 Å². The van der Waals surface area contributed by atoms with Crippen LogP contribution in [0, 0.1) is 5.82 Å². The summed E-state index contributed by atoms with van der Waals surface area (Å²) in [5, 5.41) is 2.99. The summed E-state index contributed by atoms with van der Waals surface area (Å²) in [6, 6.07) is 14.6. The van der Waals surface area contributed by atoms with Gasteiger partial charge in [0.15, 0.2) is 0 Å². The molecular formula is C22H17F4N3O. The fraction of sp³-hybridized carbons (Fsp3) is 0.182. The number of hydrogen-bond acceptors (Lipinski definition) is 3. The van der Waals surface area contributed by atoms with Gasteiger partial charge in [0.05, 0.1) is 5.54 Å². The fourth-order valence-electron chi connectivity index (χ4n) is 3.35. The van der Waals surface area contributed by atoms with Crippen LogP contribution < -0.4 is 11.1 Å². The van der Waals surface area contributed by atoms with Crippen LogP contribution in [0.1, 0.15) is 34.5 Å². The highest BCUT2D eigenvalue weighted by molar-refractivity contribution is 5.95. The van der Waals surface area contributed by atoms with Gasteiger partial charge in [-0.15, -0.1) is 0 Å². The Labute approximate surface area is 169 Å². The van der Waals surface area contributed by atoms with Gasteiger partial charge in [0.25, 0.3) is 5.91 Å². The zero-order valence-corrected chi connectivity index (χ0v) is 15.6. The van der Waals surface area contributed by atoms with Gasteiger partial charge in [-0.25, -0.2) is 9.37 Å². The normalized spacial score (nSPS) is 14.9. The highest BCUT2D eigenvalue weighted by atomic mass is 19.4. The average Bonchev–Trinajstić information content (AvgIpc) is 3.48. The van der Waals surface area contributed by atoms with Crippen molar-refractivity contribution in [2.75, 3.05) is 5.73 Å². The van der Waals surface area contributed by atoms with Gasteiger partial charge < -0.3 is 11.1 Å². The number of pyridine rings is 1. The summed E-state index contributed by atoms with van der Waals surface area (Å²) in [7, 11) is 0. The summed E-state index contributed by atoms with van der Waals surface area (Å²) in [6.45, 7) is 0. The number of benzene rings is 2. The van der Waals surface area contributed by atoms with Crippen molar-refractivity contribution in [1.29, 1.82) is 0 Å². The second kappa shape index (κ2) is 7.12. The minimum absolute atomic E-state index is 0.205. The zero-order chi connectivity index (χ0) is 21.5. The van der Waals surface area contributed by atoms with E-state index in [0.717, 1.165) is 24.5 Å². The number of nitrogens with two attached hydrogens (primary N) is 1. The SMILES string of the molecule is Nc1nc(C(F)(F)F)ccc1-c1ccc(C2(NC(=O)c3ccc(F)cc3)CC2)cc1.